The van der Waals surface area contributed by atoms with Crippen molar-refractivity contribution in [1.82, 2.24) is 0 Å². The summed E-state index contributed by atoms with van der Waals surface area (Å²) in [5.74, 6) is 0. The van der Waals surface area contributed by atoms with Crippen molar-refractivity contribution >= 4 is 27.8 Å². The lowest BCUT2D eigenvalue weighted by molar-refractivity contribution is 0.660. The lowest BCUT2D eigenvalue weighted by atomic mass is 9.82. The molecule has 40 heavy (non-hydrogen) atoms. The van der Waals surface area contributed by atoms with Gasteiger partial charge in [-0.25, -0.2) is 0 Å². The molecular weight excluding hydrogens is 482 g/mol. The molecule has 0 aliphatic heterocycles. The summed E-state index contributed by atoms with van der Waals surface area (Å²) in [5.41, 5.74) is 14.1. The largest absolute Gasteiger partial charge is 0.310 e. The highest BCUT2D eigenvalue weighted by Crippen LogP contribution is 2.52. The first kappa shape index (κ1) is 24.4. The molecule has 0 unspecified atom stereocenters. The van der Waals surface area contributed by atoms with E-state index in [1.54, 1.807) is 0 Å². The molecule has 0 amide bonds. The van der Waals surface area contributed by atoms with Crippen LogP contribution < -0.4 is 4.90 Å². The van der Waals surface area contributed by atoms with Crippen molar-refractivity contribution in [2.24, 2.45) is 0 Å². The molecule has 1 nitrogen and oxygen atoms in total. The summed E-state index contributed by atoms with van der Waals surface area (Å²) in [5, 5.41) is 2.51. The Kier molecular flexibility index (Phi) is 5.64. The van der Waals surface area contributed by atoms with Gasteiger partial charge in [0, 0.05) is 22.4 Å². The summed E-state index contributed by atoms with van der Waals surface area (Å²) in [7, 11) is 0. The molecule has 1 heteroatoms. The van der Waals surface area contributed by atoms with Crippen LogP contribution in [0.25, 0.3) is 33.0 Å². The summed E-state index contributed by atoms with van der Waals surface area (Å²) in [6.45, 7) is 9.17. The second-order valence-corrected chi connectivity index (χ2v) is 11.5. The maximum atomic E-state index is 2.44. The molecule has 0 aromatic heterocycles. The molecule has 0 N–H and O–H groups in total. The monoisotopic (exact) mass is 515 g/mol. The molecule has 0 atom stereocenters. The zero-order valence-electron chi connectivity index (χ0n) is 23.6. The first-order valence-corrected chi connectivity index (χ1v) is 14.1. The quantitative estimate of drug-likeness (QED) is 0.226. The van der Waals surface area contributed by atoms with Gasteiger partial charge in [-0.05, 0) is 93.9 Å². The van der Waals surface area contributed by atoms with E-state index in [4.69, 9.17) is 0 Å². The average molecular weight is 516 g/mol. The zero-order chi connectivity index (χ0) is 27.4. The lowest BCUT2D eigenvalue weighted by Crippen LogP contribution is -2.17. The van der Waals surface area contributed by atoms with E-state index in [0.29, 0.717) is 0 Å². The predicted molar refractivity (Wildman–Crippen MR) is 171 cm³/mol. The fraction of sp³-hybridized carbons (Fsp3) is 0.128. The van der Waals surface area contributed by atoms with Gasteiger partial charge >= 0.3 is 0 Å². The number of para-hydroxylation sites is 1. The van der Waals surface area contributed by atoms with Gasteiger partial charge in [-0.1, -0.05) is 111 Å². The van der Waals surface area contributed by atoms with E-state index < -0.39 is 0 Å². The van der Waals surface area contributed by atoms with Crippen LogP contribution in [0.15, 0.2) is 127 Å². The number of hydrogen-bond acceptors (Lipinski definition) is 1. The van der Waals surface area contributed by atoms with E-state index in [-0.39, 0.29) is 5.41 Å². The highest BCUT2D eigenvalue weighted by molar-refractivity contribution is 6.06. The number of anilines is 3. The summed E-state index contributed by atoms with van der Waals surface area (Å²) in [6.07, 6.45) is 0. The van der Waals surface area contributed by atoms with Crippen LogP contribution in [0.2, 0.25) is 0 Å². The Labute approximate surface area is 237 Å². The summed E-state index contributed by atoms with van der Waals surface area (Å²) >= 11 is 0. The molecule has 194 valence electrons. The Morgan fingerprint density at radius 1 is 0.500 bits per heavy atom. The molecule has 0 heterocycles. The van der Waals surface area contributed by atoms with Gasteiger partial charge in [-0.2, -0.15) is 0 Å². The number of rotatable bonds is 4. The fourth-order valence-electron chi connectivity index (χ4n) is 6.68. The van der Waals surface area contributed by atoms with Crippen LogP contribution in [0.3, 0.4) is 0 Å². The number of hydrogen-bond donors (Lipinski definition) is 0. The van der Waals surface area contributed by atoms with Crippen molar-refractivity contribution in [1.29, 1.82) is 0 Å². The van der Waals surface area contributed by atoms with Crippen molar-refractivity contribution in [3.8, 4) is 22.3 Å². The molecule has 0 fully saturated rings. The minimum absolute atomic E-state index is 0.0721. The minimum Gasteiger partial charge on any atom is -0.310 e. The maximum Gasteiger partial charge on any atom is 0.0546 e. The summed E-state index contributed by atoms with van der Waals surface area (Å²) in [4.78, 5) is 2.44. The smallest absolute Gasteiger partial charge is 0.0546 e. The van der Waals surface area contributed by atoms with Crippen LogP contribution in [0, 0.1) is 13.8 Å². The van der Waals surface area contributed by atoms with E-state index in [0.717, 1.165) is 5.69 Å². The third kappa shape index (κ3) is 3.69. The van der Waals surface area contributed by atoms with Gasteiger partial charge in [0.15, 0.2) is 0 Å². The van der Waals surface area contributed by atoms with E-state index in [2.05, 4.69) is 160 Å². The van der Waals surface area contributed by atoms with Crippen LogP contribution in [-0.2, 0) is 5.41 Å². The number of fused-ring (bicyclic) bond motifs is 4. The Morgan fingerprint density at radius 3 is 2.05 bits per heavy atom. The van der Waals surface area contributed by atoms with Crippen LogP contribution in [0.5, 0.6) is 0 Å². The second kappa shape index (κ2) is 9.24. The molecule has 1 aliphatic rings. The van der Waals surface area contributed by atoms with Gasteiger partial charge in [-0.15, -0.1) is 0 Å². The highest BCUT2D eigenvalue weighted by Gasteiger charge is 2.36. The van der Waals surface area contributed by atoms with E-state index in [1.165, 1.54) is 66.7 Å². The molecule has 7 rings (SSSR count). The Bertz CT molecular complexity index is 1890. The molecule has 6 aromatic rings. The number of aryl methyl sites for hydroxylation is 2. The van der Waals surface area contributed by atoms with Crippen LogP contribution >= 0.6 is 0 Å². The van der Waals surface area contributed by atoms with Crippen LogP contribution in [0.1, 0.15) is 36.1 Å². The summed E-state index contributed by atoms with van der Waals surface area (Å²) < 4.78 is 0. The molecule has 1 aliphatic carbocycles. The fourth-order valence-corrected chi connectivity index (χ4v) is 6.68. The molecule has 0 spiro atoms. The zero-order valence-corrected chi connectivity index (χ0v) is 23.6. The molecule has 0 bridgehead atoms. The Hall–Kier alpha value is -4.62. The van der Waals surface area contributed by atoms with E-state index >= 15 is 0 Å². The van der Waals surface area contributed by atoms with Crippen molar-refractivity contribution in [3.05, 3.63) is 150 Å². The summed E-state index contributed by atoms with van der Waals surface area (Å²) in [6, 6.07) is 46.7. The Balaban J connectivity index is 1.52. The van der Waals surface area contributed by atoms with Gasteiger partial charge < -0.3 is 4.90 Å². The van der Waals surface area contributed by atoms with Crippen molar-refractivity contribution < 1.29 is 0 Å². The molecule has 0 saturated carbocycles. The normalized spacial score (nSPS) is 13.2. The molecule has 0 saturated heterocycles. The third-order valence-electron chi connectivity index (χ3n) is 8.73. The van der Waals surface area contributed by atoms with Gasteiger partial charge in [0.25, 0.3) is 0 Å². The first-order valence-electron chi connectivity index (χ1n) is 14.1. The van der Waals surface area contributed by atoms with E-state index in [1.807, 2.05) is 0 Å². The Morgan fingerprint density at radius 2 is 1.23 bits per heavy atom. The third-order valence-corrected chi connectivity index (χ3v) is 8.73. The topological polar surface area (TPSA) is 3.24 Å². The highest BCUT2D eigenvalue weighted by atomic mass is 15.1. The van der Waals surface area contributed by atoms with E-state index in [9.17, 15) is 0 Å². The van der Waals surface area contributed by atoms with Crippen LogP contribution in [-0.4, -0.2) is 0 Å². The second-order valence-electron chi connectivity index (χ2n) is 11.5. The maximum absolute atomic E-state index is 2.44. The lowest BCUT2D eigenvalue weighted by Gasteiger charge is -2.30. The van der Waals surface area contributed by atoms with Crippen molar-refractivity contribution in [2.45, 2.75) is 33.1 Å². The van der Waals surface area contributed by atoms with Gasteiger partial charge in [0.1, 0.15) is 0 Å². The predicted octanol–water partition coefficient (Wildman–Crippen LogP) is 10.9. The average Bonchev–Trinajstić information content (AvgIpc) is 3.21. The number of benzene rings is 6. The van der Waals surface area contributed by atoms with Gasteiger partial charge in [0.05, 0.1) is 5.69 Å². The van der Waals surface area contributed by atoms with Crippen LogP contribution in [0.4, 0.5) is 17.1 Å². The first-order chi connectivity index (χ1) is 19.4. The molecule has 6 aromatic carbocycles. The van der Waals surface area contributed by atoms with Crippen molar-refractivity contribution in [2.75, 3.05) is 4.90 Å². The molecule has 0 radical (unpaired) electrons. The van der Waals surface area contributed by atoms with Gasteiger partial charge in [-0.3, -0.25) is 0 Å². The SMILES string of the molecule is Cc1ccccc1-c1c(N(c2ccccc2)c2ccc3c(c2)C(C)(C)c2cccc(C)c2-3)ccc2ccccc12. The minimum atomic E-state index is -0.0721. The van der Waals surface area contributed by atoms with Gasteiger partial charge in [0.2, 0.25) is 0 Å². The standard InChI is InChI=1S/C39H33N/c1-26-13-8-10-18-31(26)38-32-19-11-9-15-28(32)21-24-36(38)40(29-16-6-5-7-17-29)30-22-23-33-35(25-30)39(3,4)34-20-12-14-27(2)37(33)34/h5-25H,1-4H3. The van der Waals surface area contributed by atoms with Crippen molar-refractivity contribution in [3.63, 3.8) is 0 Å². The molecular formula is C39H33N. The number of nitrogens with zero attached hydrogens (tertiary/aromatic N) is 1.